The van der Waals surface area contributed by atoms with E-state index < -0.39 is 0 Å². The molecule has 2 aromatic rings. The van der Waals surface area contributed by atoms with Crippen molar-refractivity contribution in [2.24, 2.45) is 0 Å². The van der Waals surface area contributed by atoms with Crippen molar-refractivity contribution in [3.8, 4) is 0 Å². The standard InChI is InChI=1S/C18H19NOSe/c1-19(2)18(20)16(13-15-9-5-3-6-10-15)14-21-17-11-7-4-8-12-17/h3-13H,14H2,1-2H3/b16-13-. The molecule has 2 rings (SSSR count). The molecule has 0 unspecified atom stereocenters. The fourth-order valence-electron chi connectivity index (χ4n) is 1.88. The number of hydrogen-bond acceptors (Lipinski definition) is 1. The Morgan fingerprint density at radius 3 is 2.14 bits per heavy atom. The summed E-state index contributed by atoms with van der Waals surface area (Å²) < 4.78 is 1.32. The van der Waals surface area contributed by atoms with Crippen LogP contribution in [0.2, 0.25) is 5.32 Å². The topological polar surface area (TPSA) is 20.3 Å². The average Bonchev–Trinajstić information content (AvgIpc) is 2.52. The van der Waals surface area contributed by atoms with Crippen LogP contribution in [0.3, 0.4) is 0 Å². The third-order valence-corrected chi connectivity index (χ3v) is 5.18. The SMILES string of the molecule is CN(C)C(=O)/C(=C\c1ccccc1)C[Se]c1ccccc1. The van der Waals surface area contributed by atoms with Crippen LogP contribution in [-0.2, 0) is 4.79 Å². The minimum atomic E-state index is 0.0941. The van der Waals surface area contributed by atoms with Crippen molar-refractivity contribution < 1.29 is 4.79 Å². The van der Waals surface area contributed by atoms with Gasteiger partial charge in [0.2, 0.25) is 0 Å². The van der Waals surface area contributed by atoms with Crippen LogP contribution in [0, 0.1) is 0 Å². The van der Waals surface area contributed by atoms with Crippen LogP contribution in [0.5, 0.6) is 0 Å². The molecule has 0 aliphatic carbocycles. The first-order valence-corrected chi connectivity index (χ1v) is 8.89. The quantitative estimate of drug-likeness (QED) is 0.603. The van der Waals surface area contributed by atoms with Gasteiger partial charge in [-0.25, -0.2) is 0 Å². The van der Waals surface area contributed by atoms with Crippen molar-refractivity contribution >= 4 is 31.4 Å². The number of hydrogen-bond donors (Lipinski definition) is 0. The van der Waals surface area contributed by atoms with Crippen molar-refractivity contribution in [3.63, 3.8) is 0 Å². The Bertz CT molecular complexity index is 606. The monoisotopic (exact) mass is 345 g/mol. The second-order valence-electron chi connectivity index (χ2n) is 4.88. The second-order valence-corrected chi connectivity index (χ2v) is 7.08. The van der Waals surface area contributed by atoms with Crippen molar-refractivity contribution in [1.29, 1.82) is 0 Å². The molecule has 0 saturated heterocycles. The van der Waals surface area contributed by atoms with E-state index in [-0.39, 0.29) is 20.9 Å². The first-order chi connectivity index (χ1) is 10.2. The molecular weight excluding hydrogens is 325 g/mol. The van der Waals surface area contributed by atoms with Crippen molar-refractivity contribution in [1.82, 2.24) is 4.90 Å². The average molecular weight is 344 g/mol. The zero-order chi connectivity index (χ0) is 15.1. The zero-order valence-corrected chi connectivity index (χ0v) is 14.0. The summed E-state index contributed by atoms with van der Waals surface area (Å²) in [6.07, 6.45) is 2.01. The van der Waals surface area contributed by atoms with E-state index in [1.165, 1.54) is 4.46 Å². The van der Waals surface area contributed by atoms with Crippen LogP contribution in [0.25, 0.3) is 6.08 Å². The third-order valence-electron chi connectivity index (χ3n) is 2.96. The van der Waals surface area contributed by atoms with Gasteiger partial charge in [0.05, 0.1) is 0 Å². The van der Waals surface area contributed by atoms with Crippen LogP contribution in [0.15, 0.2) is 66.2 Å². The number of rotatable bonds is 5. The molecule has 1 amide bonds. The van der Waals surface area contributed by atoms with E-state index in [1.807, 2.05) is 54.6 Å². The Balaban J connectivity index is 2.17. The summed E-state index contributed by atoms with van der Waals surface area (Å²) in [6.45, 7) is 0. The molecule has 3 heteroatoms. The molecule has 0 aliphatic heterocycles. The molecule has 0 radical (unpaired) electrons. The molecule has 0 atom stereocenters. The summed E-state index contributed by atoms with van der Waals surface area (Å²) in [7, 11) is 3.60. The Morgan fingerprint density at radius 1 is 1.00 bits per heavy atom. The van der Waals surface area contributed by atoms with Gasteiger partial charge in [-0.2, -0.15) is 0 Å². The van der Waals surface area contributed by atoms with Gasteiger partial charge in [-0.3, -0.25) is 0 Å². The molecule has 0 spiro atoms. The van der Waals surface area contributed by atoms with Gasteiger partial charge in [-0.15, -0.1) is 0 Å². The number of carbonyl (C=O) groups excluding carboxylic acids is 1. The summed E-state index contributed by atoms with van der Waals surface area (Å²) in [4.78, 5) is 14.0. The van der Waals surface area contributed by atoms with E-state index in [0.717, 1.165) is 16.5 Å². The van der Waals surface area contributed by atoms with Crippen molar-refractivity contribution in [2.45, 2.75) is 5.32 Å². The minimum absolute atomic E-state index is 0.0941. The van der Waals surface area contributed by atoms with Gasteiger partial charge in [-0.05, 0) is 0 Å². The number of nitrogens with zero attached hydrogens (tertiary/aromatic N) is 1. The molecule has 108 valence electrons. The molecule has 21 heavy (non-hydrogen) atoms. The first kappa shape index (κ1) is 15.6. The van der Waals surface area contributed by atoms with E-state index in [1.54, 1.807) is 19.0 Å². The molecule has 0 aromatic heterocycles. The van der Waals surface area contributed by atoms with E-state index in [0.29, 0.717) is 0 Å². The predicted molar refractivity (Wildman–Crippen MR) is 89.8 cm³/mol. The molecule has 2 nitrogen and oxygen atoms in total. The van der Waals surface area contributed by atoms with Gasteiger partial charge in [0.25, 0.3) is 0 Å². The maximum absolute atomic E-state index is 12.3. The zero-order valence-electron chi connectivity index (χ0n) is 12.3. The van der Waals surface area contributed by atoms with Gasteiger partial charge in [0.1, 0.15) is 0 Å². The number of likely N-dealkylation sites (N-methyl/N-ethyl adjacent to an activating group) is 1. The van der Waals surface area contributed by atoms with Gasteiger partial charge in [0.15, 0.2) is 0 Å². The van der Waals surface area contributed by atoms with Crippen molar-refractivity contribution in [3.05, 3.63) is 71.8 Å². The summed E-state index contributed by atoms with van der Waals surface area (Å²) >= 11 is 0.271. The summed E-state index contributed by atoms with van der Waals surface area (Å²) in [5.41, 5.74) is 1.95. The molecule has 0 N–H and O–H groups in total. The van der Waals surface area contributed by atoms with Crippen molar-refractivity contribution in [2.75, 3.05) is 14.1 Å². The second kappa shape index (κ2) is 7.82. The van der Waals surface area contributed by atoms with E-state index in [2.05, 4.69) is 12.1 Å². The molecule has 0 fully saturated rings. The molecular formula is C18H19NOSe. The summed E-state index contributed by atoms with van der Waals surface area (Å²) in [5.74, 6) is 0.0941. The Kier molecular flexibility index (Phi) is 5.79. The van der Waals surface area contributed by atoms with Gasteiger partial charge < -0.3 is 0 Å². The Hall–Kier alpha value is -1.83. The summed E-state index contributed by atoms with van der Waals surface area (Å²) in [6, 6.07) is 20.4. The Labute approximate surface area is 132 Å². The molecule has 2 aromatic carbocycles. The third kappa shape index (κ3) is 4.89. The fourth-order valence-corrected chi connectivity index (χ4v) is 3.72. The Morgan fingerprint density at radius 2 is 1.57 bits per heavy atom. The van der Waals surface area contributed by atoms with Gasteiger partial charge >= 0.3 is 132 Å². The van der Waals surface area contributed by atoms with Crippen LogP contribution in [0.4, 0.5) is 0 Å². The molecule has 0 saturated carbocycles. The van der Waals surface area contributed by atoms with E-state index >= 15 is 0 Å². The number of carbonyl (C=O) groups is 1. The molecule has 0 heterocycles. The fraction of sp³-hybridized carbons (Fsp3) is 0.167. The normalized spacial score (nSPS) is 11.2. The molecule has 0 aliphatic rings. The van der Waals surface area contributed by atoms with Crippen LogP contribution >= 0.6 is 0 Å². The number of amides is 1. The van der Waals surface area contributed by atoms with Crippen LogP contribution in [-0.4, -0.2) is 39.9 Å². The maximum atomic E-state index is 12.3. The first-order valence-electron chi connectivity index (χ1n) is 6.82. The van der Waals surface area contributed by atoms with E-state index in [4.69, 9.17) is 0 Å². The van der Waals surface area contributed by atoms with Gasteiger partial charge in [-0.1, -0.05) is 0 Å². The van der Waals surface area contributed by atoms with Gasteiger partial charge in [0, 0.05) is 0 Å². The summed E-state index contributed by atoms with van der Waals surface area (Å²) in [5, 5.41) is 0.808. The van der Waals surface area contributed by atoms with Crippen LogP contribution in [0.1, 0.15) is 5.56 Å². The van der Waals surface area contributed by atoms with Crippen LogP contribution < -0.4 is 4.46 Å². The van der Waals surface area contributed by atoms with E-state index in [9.17, 15) is 4.79 Å². The predicted octanol–water partition coefficient (Wildman–Crippen LogP) is 2.61. The number of benzene rings is 2. The molecule has 0 bridgehead atoms.